The number of hydrogen-bond acceptors (Lipinski definition) is 8. The van der Waals surface area contributed by atoms with Gasteiger partial charge in [0.1, 0.15) is 21.5 Å². The first-order valence-electron chi connectivity index (χ1n) is 10.5. The first-order chi connectivity index (χ1) is 17.5. The third kappa shape index (κ3) is 7.11. The number of allylic oxidation sites excluding steroid dienone is 1. The van der Waals surface area contributed by atoms with Gasteiger partial charge in [0, 0.05) is 31.7 Å². The van der Waals surface area contributed by atoms with Crippen LogP contribution in [0.5, 0.6) is 5.75 Å². The number of aliphatic imine (C=N–C) groups is 1. The summed E-state index contributed by atoms with van der Waals surface area (Å²) in [5.41, 5.74) is -0.0322. The zero-order valence-corrected chi connectivity index (χ0v) is 21.2. The molecule has 0 spiro atoms. The van der Waals surface area contributed by atoms with Gasteiger partial charge in [0.2, 0.25) is 5.91 Å². The molecule has 3 aromatic rings. The number of ether oxygens (including phenoxy) is 1. The van der Waals surface area contributed by atoms with Crippen molar-refractivity contribution in [3.63, 3.8) is 0 Å². The summed E-state index contributed by atoms with van der Waals surface area (Å²) in [4.78, 5) is 41.1. The van der Waals surface area contributed by atoms with Gasteiger partial charge in [-0.1, -0.05) is 11.6 Å². The summed E-state index contributed by atoms with van der Waals surface area (Å²) in [5, 5.41) is 4.84. The fourth-order valence-corrected chi connectivity index (χ4v) is 4.04. The van der Waals surface area contributed by atoms with Crippen molar-refractivity contribution < 1.29 is 27.5 Å². The molecular weight excluding hydrogens is 533 g/mol. The minimum absolute atomic E-state index is 0.112. The van der Waals surface area contributed by atoms with Gasteiger partial charge >= 0.3 is 6.18 Å². The number of carbonyl (C=O) groups is 2. The second-order valence-corrected chi connectivity index (χ2v) is 8.78. The van der Waals surface area contributed by atoms with Crippen LogP contribution in [0.15, 0.2) is 54.1 Å². The van der Waals surface area contributed by atoms with Crippen LogP contribution in [-0.4, -0.2) is 46.6 Å². The van der Waals surface area contributed by atoms with Crippen molar-refractivity contribution in [2.75, 3.05) is 19.5 Å². The minimum Gasteiger partial charge on any atom is -0.496 e. The molecule has 0 aliphatic heterocycles. The number of anilines is 1. The summed E-state index contributed by atoms with van der Waals surface area (Å²) in [7, 11) is 3.08. The summed E-state index contributed by atoms with van der Waals surface area (Å²) in [6, 6.07) is 1.75. The number of pyridine rings is 2. The number of nitrogens with one attached hydrogen (secondary N) is 2. The standard InChI is InChI=1S/C23H20ClF3N6O3S/c1-12(32-20(34)5-4-16(28-2)13-9-29-7-6-17(13)36-3)22-31-11-18(37-22)21(35)33-19-8-14(23(25,26)27)15(24)10-30-19/h4-12H,1-3H3,(H,32,34)(H,30,33,35)/b5-4+,28-16+. The number of alkyl halides is 3. The molecule has 0 aliphatic carbocycles. The Morgan fingerprint density at radius 3 is 2.65 bits per heavy atom. The predicted octanol–water partition coefficient (Wildman–Crippen LogP) is 4.72. The van der Waals surface area contributed by atoms with Crippen LogP contribution in [0.4, 0.5) is 19.0 Å². The van der Waals surface area contributed by atoms with E-state index in [0.717, 1.165) is 17.5 Å². The lowest BCUT2D eigenvalue weighted by molar-refractivity contribution is -0.137. The lowest BCUT2D eigenvalue weighted by Crippen LogP contribution is -2.24. The molecule has 37 heavy (non-hydrogen) atoms. The number of rotatable bonds is 8. The Labute approximate surface area is 218 Å². The number of thiazole rings is 1. The number of hydrogen-bond donors (Lipinski definition) is 2. The highest BCUT2D eigenvalue weighted by atomic mass is 35.5. The van der Waals surface area contributed by atoms with Crippen LogP contribution in [0.25, 0.3) is 0 Å². The maximum atomic E-state index is 13.0. The molecule has 3 aromatic heterocycles. The summed E-state index contributed by atoms with van der Waals surface area (Å²) >= 11 is 6.52. The minimum atomic E-state index is -4.70. The summed E-state index contributed by atoms with van der Waals surface area (Å²) in [6.07, 6.45) is 3.30. The molecule has 0 fully saturated rings. The Bertz CT molecular complexity index is 1360. The van der Waals surface area contributed by atoms with E-state index in [1.165, 1.54) is 25.5 Å². The molecule has 9 nitrogen and oxygen atoms in total. The Hall–Kier alpha value is -3.84. The molecule has 3 rings (SSSR count). The molecule has 2 N–H and O–H groups in total. The van der Waals surface area contributed by atoms with Gasteiger partial charge < -0.3 is 15.4 Å². The molecule has 0 aromatic carbocycles. The van der Waals surface area contributed by atoms with E-state index >= 15 is 0 Å². The molecule has 0 bridgehead atoms. The molecule has 1 atom stereocenters. The van der Waals surface area contributed by atoms with Crippen molar-refractivity contribution >= 4 is 46.3 Å². The van der Waals surface area contributed by atoms with Gasteiger partial charge in [0.25, 0.3) is 5.91 Å². The lowest BCUT2D eigenvalue weighted by Gasteiger charge is -2.10. The summed E-state index contributed by atoms with van der Waals surface area (Å²) in [6.45, 7) is 1.67. The number of nitrogens with zero attached hydrogens (tertiary/aromatic N) is 4. The molecule has 0 radical (unpaired) electrons. The van der Waals surface area contributed by atoms with Crippen molar-refractivity contribution in [2.45, 2.75) is 19.1 Å². The maximum absolute atomic E-state index is 13.0. The molecule has 14 heteroatoms. The predicted molar refractivity (Wildman–Crippen MR) is 133 cm³/mol. The SMILES string of the molecule is C/N=C(\C=C\C(=O)NC(C)c1ncc(C(=O)Nc2cc(C(F)(F)F)c(Cl)cn2)s1)c1cnccc1OC. The Morgan fingerprint density at radius 2 is 1.97 bits per heavy atom. The highest BCUT2D eigenvalue weighted by Crippen LogP contribution is 2.35. The number of methoxy groups -OCH3 is 1. The number of carbonyl (C=O) groups excluding carboxylic acids is 2. The lowest BCUT2D eigenvalue weighted by atomic mass is 10.1. The van der Waals surface area contributed by atoms with Crippen LogP contribution in [0.3, 0.4) is 0 Å². The third-order valence-electron chi connectivity index (χ3n) is 4.79. The molecule has 2 amide bonds. The Balaban J connectivity index is 1.64. The highest BCUT2D eigenvalue weighted by molar-refractivity contribution is 7.13. The van der Waals surface area contributed by atoms with Crippen molar-refractivity contribution in [1.29, 1.82) is 0 Å². The van der Waals surface area contributed by atoms with E-state index in [1.54, 1.807) is 32.4 Å². The normalized spacial score (nSPS) is 12.9. The first kappa shape index (κ1) is 27.7. The summed E-state index contributed by atoms with van der Waals surface area (Å²) < 4.78 is 44.4. The van der Waals surface area contributed by atoms with E-state index in [4.69, 9.17) is 16.3 Å². The van der Waals surface area contributed by atoms with Crippen molar-refractivity contribution in [1.82, 2.24) is 20.3 Å². The fraction of sp³-hybridized carbons (Fsp3) is 0.217. The topological polar surface area (TPSA) is 118 Å². The van der Waals surface area contributed by atoms with Gasteiger partial charge in [-0.2, -0.15) is 13.2 Å². The van der Waals surface area contributed by atoms with Crippen molar-refractivity contribution in [2.24, 2.45) is 4.99 Å². The van der Waals surface area contributed by atoms with E-state index in [2.05, 4.69) is 30.6 Å². The number of aromatic nitrogens is 3. The Kier molecular flexibility index (Phi) is 8.95. The van der Waals surface area contributed by atoms with Gasteiger partial charge in [-0.3, -0.25) is 19.6 Å². The number of amides is 2. The van der Waals surface area contributed by atoms with E-state index < -0.39 is 34.6 Å². The molecule has 3 heterocycles. The zero-order chi connectivity index (χ0) is 27.2. The van der Waals surface area contributed by atoms with E-state index in [9.17, 15) is 22.8 Å². The molecule has 0 aliphatic rings. The molecule has 0 saturated heterocycles. The van der Waals surface area contributed by atoms with Crippen LogP contribution in [0.2, 0.25) is 5.02 Å². The molecule has 194 valence electrons. The van der Waals surface area contributed by atoms with Crippen molar-refractivity contribution in [3.8, 4) is 5.75 Å². The molecule has 0 saturated carbocycles. The first-order valence-corrected chi connectivity index (χ1v) is 11.7. The van der Waals surface area contributed by atoms with E-state index in [1.807, 2.05) is 0 Å². The monoisotopic (exact) mass is 552 g/mol. The second-order valence-electron chi connectivity index (χ2n) is 7.31. The third-order valence-corrected chi connectivity index (χ3v) is 6.27. The quantitative estimate of drug-likeness (QED) is 0.308. The van der Waals surface area contributed by atoms with E-state index in [0.29, 0.717) is 28.1 Å². The van der Waals surface area contributed by atoms with Gasteiger partial charge in [-0.05, 0) is 25.1 Å². The van der Waals surface area contributed by atoms with E-state index in [-0.39, 0.29) is 10.7 Å². The Morgan fingerprint density at radius 1 is 1.22 bits per heavy atom. The largest absolute Gasteiger partial charge is 0.496 e. The summed E-state index contributed by atoms with van der Waals surface area (Å²) in [5.74, 6) is -0.921. The smallest absolute Gasteiger partial charge is 0.418 e. The van der Waals surface area contributed by atoms with Crippen LogP contribution < -0.4 is 15.4 Å². The van der Waals surface area contributed by atoms with Crippen LogP contribution in [-0.2, 0) is 11.0 Å². The van der Waals surface area contributed by atoms with Gasteiger partial charge in [-0.25, -0.2) is 9.97 Å². The number of halogens is 4. The van der Waals surface area contributed by atoms with Gasteiger partial charge in [0.05, 0.1) is 41.2 Å². The van der Waals surface area contributed by atoms with Crippen LogP contribution in [0.1, 0.15) is 38.8 Å². The van der Waals surface area contributed by atoms with Crippen LogP contribution >= 0.6 is 22.9 Å². The van der Waals surface area contributed by atoms with Gasteiger partial charge in [0.15, 0.2) is 0 Å². The zero-order valence-electron chi connectivity index (χ0n) is 19.6. The van der Waals surface area contributed by atoms with Gasteiger partial charge in [-0.15, -0.1) is 11.3 Å². The second kappa shape index (κ2) is 11.9. The highest BCUT2D eigenvalue weighted by Gasteiger charge is 2.34. The van der Waals surface area contributed by atoms with Crippen molar-refractivity contribution in [3.05, 3.63) is 75.1 Å². The van der Waals surface area contributed by atoms with Crippen LogP contribution in [0, 0.1) is 0 Å². The average Bonchev–Trinajstić information content (AvgIpc) is 3.36. The average molecular weight is 553 g/mol. The molecular formula is C23H20ClF3N6O3S. The fourth-order valence-electron chi connectivity index (χ4n) is 3.01. The molecule has 1 unspecified atom stereocenters. The maximum Gasteiger partial charge on any atom is 0.418 e.